The summed E-state index contributed by atoms with van der Waals surface area (Å²) in [4.78, 5) is 12.1. The molecule has 144 valence electrons. The highest BCUT2D eigenvalue weighted by atomic mass is 32.2. The molecule has 0 fully saturated rings. The standard InChI is InChI=1S/C19H20FNO5S/c20-15-4-1-2-5-16(15)26-10-11-27(23)13-19(22)21-14-6-7-17-18(12-14)25-9-3-8-24-17/h1-2,4-7,12H,3,8-11,13H2,(H,21,22)/t27-/m1/s1. The Bertz CT molecular complexity index is 829. The number of halogens is 1. The highest BCUT2D eigenvalue weighted by Gasteiger charge is 2.13. The van der Waals surface area contributed by atoms with Crippen molar-refractivity contribution in [1.82, 2.24) is 0 Å². The van der Waals surface area contributed by atoms with Crippen LogP contribution in [0.25, 0.3) is 0 Å². The molecule has 1 aliphatic heterocycles. The molecule has 0 aromatic heterocycles. The van der Waals surface area contributed by atoms with Crippen LogP contribution in [0.5, 0.6) is 17.2 Å². The summed E-state index contributed by atoms with van der Waals surface area (Å²) >= 11 is 0. The first-order valence-electron chi connectivity index (χ1n) is 8.53. The van der Waals surface area contributed by atoms with E-state index in [9.17, 15) is 13.4 Å². The van der Waals surface area contributed by atoms with E-state index >= 15 is 0 Å². The third-order valence-electron chi connectivity index (χ3n) is 3.73. The molecule has 0 radical (unpaired) electrons. The Kier molecular flexibility index (Phi) is 6.64. The third-order valence-corrected chi connectivity index (χ3v) is 4.93. The number of carbonyl (C=O) groups is 1. The predicted molar refractivity (Wildman–Crippen MR) is 100 cm³/mol. The summed E-state index contributed by atoms with van der Waals surface area (Å²) in [5, 5.41) is 2.69. The van der Waals surface area contributed by atoms with E-state index in [1.807, 2.05) is 0 Å². The van der Waals surface area contributed by atoms with Crippen molar-refractivity contribution in [3.05, 3.63) is 48.3 Å². The Hall–Kier alpha value is -2.61. The van der Waals surface area contributed by atoms with Crippen molar-refractivity contribution >= 4 is 22.4 Å². The van der Waals surface area contributed by atoms with Crippen molar-refractivity contribution in [2.24, 2.45) is 0 Å². The van der Waals surface area contributed by atoms with Gasteiger partial charge in [-0.1, -0.05) is 12.1 Å². The molecule has 1 aliphatic rings. The van der Waals surface area contributed by atoms with E-state index in [1.165, 1.54) is 12.1 Å². The summed E-state index contributed by atoms with van der Waals surface area (Å²) in [6.07, 6.45) is 0.796. The van der Waals surface area contributed by atoms with E-state index in [0.29, 0.717) is 30.4 Å². The average molecular weight is 393 g/mol. The van der Waals surface area contributed by atoms with Gasteiger partial charge in [-0.25, -0.2) is 4.39 Å². The summed E-state index contributed by atoms with van der Waals surface area (Å²) in [6.45, 7) is 1.20. The maximum absolute atomic E-state index is 13.4. The largest absolute Gasteiger partial charge is 0.490 e. The quantitative estimate of drug-likeness (QED) is 0.783. The molecule has 2 aromatic rings. The lowest BCUT2D eigenvalue weighted by molar-refractivity contribution is -0.113. The Balaban J connectivity index is 1.45. The fourth-order valence-electron chi connectivity index (χ4n) is 2.46. The fraction of sp³-hybridized carbons (Fsp3) is 0.316. The van der Waals surface area contributed by atoms with Crippen LogP contribution >= 0.6 is 0 Å². The molecule has 0 bridgehead atoms. The molecular weight excluding hydrogens is 373 g/mol. The number of para-hydroxylation sites is 1. The summed E-state index contributed by atoms with van der Waals surface area (Å²) in [6, 6.07) is 11.1. The van der Waals surface area contributed by atoms with E-state index < -0.39 is 16.6 Å². The highest BCUT2D eigenvalue weighted by Crippen LogP contribution is 2.32. The van der Waals surface area contributed by atoms with Gasteiger partial charge in [-0.15, -0.1) is 0 Å². The number of benzene rings is 2. The number of fused-ring (bicyclic) bond motifs is 1. The van der Waals surface area contributed by atoms with Crippen molar-refractivity contribution in [3.63, 3.8) is 0 Å². The molecule has 0 saturated heterocycles. The molecule has 6 nitrogen and oxygen atoms in total. The highest BCUT2D eigenvalue weighted by molar-refractivity contribution is 7.85. The summed E-state index contributed by atoms with van der Waals surface area (Å²) in [5.74, 6) is 0.414. The Morgan fingerprint density at radius 3 is 2.74 bits per heavy atom. The lowest BCUT2D eigenvalue weighted by Crippen LogP contribution is -2.22. The second-order valence-corrected chi connectivity index (χ2v) is 7.40. The lowest BCUT2D eigenvalue weighted by Gasteiger charge is -2.10. The second kappa shape index (κ2) is 9.36. The molecule has 0 aliphatic carbocycles. The number of hydrogen-bond donors (Lipinski definition) is 1. The number of anilines is 1. The minimum Gasteiger partial charge on any atom is -0.490 e. The lowest BCUT2D eigenvalue weighted by atomic mass is 10.2. The first-order chi connectivity index (χ1) is 13.1. The molecule has 27 heavy (non-hydrogen) atoms. The van der Waals surface area contributed by atoms with Crippen LogP contribution in [0.15, 0.2) is 42.5 Å². The number of nitrogens with one attached hydrogen (secondary N) is 1. The van der Waals surface area contributed by atoms with Crippen LogP contribution in [0, 0.1) is 5.82 Å². The first kappa shape index (κ1) is 19.2. The minimum absolute atomic E-state index is 0.0604. The molecule has 8 heteroatoms. The van der Waals surface area contributed by atoms with Crippen LogP contribution in [-0.4, -0.2) is 41.4 Å². The number of hydrogen-bond acceptors (Lipinski definition) is 5. The Morgan fingerprint density at radius 1 is 1.15 bits per heavy atom. The predicted octanol–water partition coefficient (Wildman–Crippen LogP) is 2.75. The van der Waals surface area contributed by atoms with Gasteiger partial charge in [0.25, 0.3) is 0 Å². The molecule has 1 heterocycles. The van der Waals surface area contributed by atoms with Gasteiger partial charge in [0.15, 0.2) is 23.1 Å². The zero-order valence-corrected chi connectivity index (χ0v) is 15.4. The van der Waals surface area contributed by atoms with Gasteiger partial charge in [-0.3, -0.25) is 9.00 Å². The Labute approximate surface area is 159 Å². The van der Waals surface area contributed by atoms with Crippen LogP contribution in [0.2, 0.25) is 0 Å². The molecule has 0 spiro atoms. The van der Waals surface area contributed by atoms with Crippen LogP contribution < -0.4 is 19.5 Å². The molecule has 1 amide bonds. The van der Waals surface area contributed by atoms with Gasteiger partial charge in [-0.05, 0) is 24.3 Å². The third kappa shape index (κ3) is 5.68. The van der Waals surface area contributed by atoms with Crippen molar-refractivity contribution in [1.29, 1.82) is 0 Å². The van der Waals surface area contributed by atoms with Crippen LogP contribution in [-0.2, 0) is 15.6 Å². The maximum atomic E-state index is 13.4. The van der Waals surface area contributed by atoms with Gasteiger partial charge in [-0.2, -0.15) is 0 Å². The van der Waals surface area contributed by atoms with Gasteiger partial charge in [0, 0.05) is 29.0 Å². The van der Waals surface area contributed by atoms with Crippen molar-refractivity contribution in [2.75, 3.05) is 36.6 Å². The Morgan fingerprint density at radius 2 is 1.93 bits per heavy atom. The zero-order chi connectivity index (χ0) is 19.1. The normalized spacial score (nSPS) is 14.1. The van der Waals surface area contributed by atoms with Gasteiger partial charge >= 0.3 is 0 Å². The summed E-state index contributed by atoms with van der Waals surface area (Å²) in [5.41, 5.74) is 0.545. The summed E-state index contributed by atoms with van der Waals surface area (Å²) in [7, 11) is -1.42. The minimum atomic E-state index is -1.42. The number of amides is 1. The zero-order valence-electron chi connectivity index (χ0n) is 14.6. The number of rotatable bonds is 7. The first-order valence-corrected chi connectivity index (χ1v) is 10.0. The molecule has 1 atom stereocenters. The smallest absolute Gasteiger partial charge is 0.236 e. The van der Waals surface area contributed by atoms with E-state index in [1.54, 1.807) is 30.3 Å². The van der Waals surface area contributed by atoms with Crippen LogP contribution in [0.1, 0.15) is 6.42 Å². The molecule has 0 unspecified atom stereocenters. The van der Waals surface area contributed by atoms with Crippen molar-refractivity contribution < 1.29 is 27.6 Å². The van der Waals surface area contributed by atoms with E-state index in [-0.39, 0.29) is 29.8 Å². The van der Waals surface area contributed by atoms with Crippen molar-refractivity contribution in [2.45, 2.75) is 6.42 Å². The van der Waals surface area contributed by atoms with E-state index in [0.717, 1.165) is 6.42 Å². The molecular formula is C19H20FNO5S. The topological polar surface area (TPSA) is 73.9 Å². The van der Waals surface area contributed by atoms with Crippen LogP contribution in [0.3, 0.4) is 0 Å². The summed E-state index contributed by atoms with van der Waals surface area (Å²) < 4.78 is 41.8. The van der Waals surface area contributed by atoms with Crippen LogP contribution in [0.4, 0.5) is 10.1 Å². The van der Waals surface area contributed by atoms with E-state index in [2.05, 4.69) is 5.32 Å². The molecule has 3 rings (SSSR count). The average Bonchev–Trinajstić information content (AvgIpc) is 2.88. The fourth-order valence-corrected chi connectivity index (χ4v) is 3.24. The van der Waals surface area contributed by atoms with Gasteiger partial charge in [0.2, 0.25) is 5.91 Å². The van der Waals surface area contributed by atoms with Gasteiger partial charge < -0.3 is 19.5 Å². The second-order valence-electron chi connectivity index (χ2n) is 5.83. The maximum Gasteiger partial charge on any atom is 0.236 e. The SMILES string of the molecule is O=C(C[S@](=O)CCOc1ccccc1F)Nc1ccc2c(c1)OCCCO2. The number of ether oxygens (including phenoxy) is 3. The van der Waals surface area contributed by atoms with E-state index in [4.69, 9.17) is 14.2 Å². The van der Waals surface area contributed by atoms with Gasteiger partial charge in [0.05, 0.1) is 25.6 Å². The molecule has 1 N–H and O–H groups in total. The van der Waals surface area contributed by atoms with Gasteiger partial charge in [0.1, 0.15) is 5.75 Å². The monoisotopic (exact) mass is 393 g/mol. The molecule has 0 saturated carbocycles. The number of carbonyl (C=O) groups excluding carboxylic acids is 1. The molecule has 2 aromatic carbocycles. The van der Waals surface area contributed by atoms with Crippen molar-refractivity contribution in [3.8, 4) is 17.2 Å².